The summed E-state index contributed by atoms with van der Waals surface area (Å²) in [5.41, 5.74) is -0.421. The van der Waals surface area contributed by atoms with Gasteiger partial charge in [0.25, 0.3) is 0 Å². The predicted octanol–water partition coefficient (Wildman–Crippen LogP) is 2.89. The van der Waals surface area contributed by atoms with Crippen LogP contribution in [0.5, 0.6) is 0 Å². The molecule has 0 unspecified atom stereocenters. The van der Waals surface area contributed by atoms with Gasteiger partial charge in [-0.05, 0) is 19.5 Å². The molecule has 1 aromatic carbocycles. The number of fused-ring (bicyclic) bond motifs is 1. The molecule has 0 spiro atoms. The van der Waals surface area contributed by atoms with E-state index in [1.54, 1.807) is 6.92 Å². The fraction of sp³-hybridized carbons (Fsp3) is 0.308. The van der Waals surface area contributed by atoms with E-state index in [4.69, 9.17) is 4.42 Å². The molecule has 0 amide bonds. The van der Waals surface area contributed by atoms with Crippen LogP contribution in [0.1, 0.15) is 24.2 Å². The summed E-state index contributed by atoms with van der Waals surface area (Å²) in [6, 6.07) is 1.77. The van der Waals surface area contributed by atoms with Gasteiger partial charge < -0.3 is 9.73 Å². The van der Waals surface area contributed by atoms with Crippen LogP contribution in [0, 0.1) is 11.6 Å². The van der Waals surface area contributed by atoms with Crippen LogP contribution in [-0.4, -0.2) is 18.4 Å². The first-order valence-electron chi connectivity index (χ1n) is 5.69. The standard InChI is InChI=1S/C13H13F2NO2/c1-3-16-7(2)13(17)11-9(14)6-10-8(12(11)15)4-5-18-10/h4-7,16H,3H2,1-2H3/t7-/m0/s1. The Labute approximate surface area is 103 Å². The third-order valence-electron chi connectivity index (χ3n) is 2.80. The molecular formula is C13H13F2NO2. The number of likely N-dealkylation sites (N-methyl/N-ethyl adjacent to an activating group) is 1. The Bertz CT molecular complexity index is 592. The third-order valence-corrected chi connectivity index (χ3v) is 2.80. The van der Waals surface area contributed by atoms with Gasteiger partial charge in [-0.3, -0.25) is 4.79 Å². The largest absolute Gasteiger partial charge is 0.464 e. The van der Waals surface area contributed by atoms with Gasteiger partial charge in [-0.2, -0.15) is 0 Å². The van der Waals surface area contributed by atoms with Gasteiger partial charge in [-0.1, -0.05) is 6.92 Å². The van der Waals surface area contributed by atoms with E-state index in [1.165, 1.54) is 12.3 Å². The zero-order valence-electron chi connectivity index (χ0n) is 10.1. The molecule has 0 bridgehead atoms. The molecule has 0 aliphatic rings. The Morgan fingerprint density at radius 2 is 2.22 bits per heavy atom. The molecule has 0 saturated heterocycles. The van der Waals surface area contributed by atoms with Gasteiger partial charge in [-0.15, -0.1) is 0 Å². The fourth-order valence-corrected chi connectivity index (χ4v) is 1.88. The molecule has 2 aromatic rings. The van der Waals surface area contributed by atoms with Crippen LogP contribution in [0.4, 0.5) is 8.78 Å². The lowest BCUT2D eigenvalue weighted by Crippen LogP contribution is -2.34. The molecule has 96 valence electrons. The topological polar surface area (TPSA) is 42.2 Å². The summed E-state index contributed by atoms with van der Waals surface area (Å²) in [7, 11) is 0. The van der Waals surface area contributed by atoms with E-state index >= 15 is 0 Å². The number of benzene rings is 1. The molecule has 1 aromatic heterocycles. The van der Waals surface area contributed by atoms with E-state index in [0.717, 1.165) is 6.07 Å². The summed E-state index contributed by atoms with van der Waals surface area (Å²) in [6.07, 6.45) is 1.26. The van der Waals surface area contributed by atoms with Crippen molar-refractivity contribution in [2.24, 2.45) is 0 Å². The van der Waals surface area contributed by atoms with Gasteiger partial charge in [0.05, 0.1) is 23.3 Å². The second kappa shape index (κ2) is 4.86. The minimum absolute atomic E-state index is 0.0950. The van der Waals surface area contributed by atoms with E-state index < -0.39 is 29.0 Å². The van der Waals surface area contributed by atoms with E-state index in [1.807, 2.05) is 6.92 Å². The fourth-order valence-electron chi connectivity index (χ4n) is 1.88. The lowest BCUT2D eigenvalue weighted by molar-refractivity contribution is 0.0944. The van der Waals surface area contributed by atoms with Crippen molar-refractivity contribution in [2.75, 3.05) is 6.54 Å². The molecule has 0 fully saturated rings. The van der Waals surface area contributed by atoms with Crippen molar-refractivity contribution in [2.45, 2.75) is 19.9 Å². The Morgan fingerprint density at radius 1 is 1.50 bits per heavy atom. The average molecular weight is 253 g/mol. The molecule has 5 heteroatoms. The number of Topliss-reactive ketones (excluding diaryl/α,β-unsaturated/α-hetero) is 1. The third kappa shape index (κ3) is 2.01. The molecule has 2 rings (SSSR count). The van der Waals surface area contributed by atoms with Crippen molar-refractivity contribution in [3.63, 3.8) is 0 Å². The number of carbonyl (C=O) groups is 1. The SMILES string of the molecule is CCN[C@@H](C)C(=O)c1c(F)cc2occc2c1F. The molecule has 18 heavy (non-hydrogen) atoms. The Balaban J connectivity index is 2.53. The molecular weight excluding hydrogens is 240 g/mol. The van der Waals surface area contributed by atoms with Crippen LogP contribution in [0.3, 0.4) is 0 Å². The van der Waals surface area contributed by atoms with E-state index in [9.17, 15) is 13.6 Å². The molecule has 0 aliphatic carbocycles. The summed E-state index contributed by atoms with van der Waals surface area (Å²) in [6.45, 7) is 3.93. The van der Waals surface area contributed by atoms with Crippen molar-refractivity contribution in [1.29, 1.82) is 0 Å². The van der Waals surface area contributed by atoms with Crippen LogP contribution >= 0.6 is 0 Å². The van der Waals surface area contributed by atoms with Crippen LogP contribution in [0.25, 0.3) is 11.0 Å². The number of hydrogen-bond acceptors (Lipinski definition) is 3. The second-order valence-electron chi connectivity index (χ2n) is 4.02. The van der Waals surface area contributed by atoms with Gasteiger partial charge >= 0.3 is 0 Å². The summed E-state index contributed by atoms with van der Waals surface area (Å²) in [5.74, 6) is -2.37. The highest BCUT2D eigenvalue weighted by Gasteiger charge is 2.24. The Hall–Kier alpha value is -1.75. The minimum Gasteiger partial charge on any atom is -0.464 e. The van der Waals surface area contributed by atoms with Crippen LogP contribution < -0.4 is 5.32 Å². The molecule has 0 saturated carbocycles. The summed E-state index contributed by atoms with van der Waals surface area (Å²) >= 11 is 0. The van der Waals surface area contributed by atoms with Gasteiger partial charge in [0.1, 0.15) is 17.2 Å². The second-order valence-corrected chi connectivity index (χ2v) is 4.02. The highest BCUT2D eigenvalue weighted by atomic mass is 19.1. The number of hydrogen-bond donors (Lipinski definition) is 1. The highest BCUT2D eigenvalue weighted by Crippen LogP contribution is 2.25. The van der Waals surface area contributed by atoms with Gasteiger partial charge in [0.15, 0.2) is 5.78 Å². The predicted molar refractivity (Wildman–Crippen MR) is 63.6 cm³/mol. The first kappa shape index (κ1) is 12.7. The molecule has 3 nitrogen and oxygen atoms in total. The monoisotopic (exact) mass is 253 g/mol. The lowest BCUT2D eigenvalue weighted by Gasteiger charge is -2.12. The minimum atomic E-state index is -0.898. The first-order valence-corrected chi connectivity index (χ1v) is 5.69. The quantitative estimate of drug-likeness (QED) is 0.852. The van der Waals surface area contributed by atoms with Crippen molar-refractivity contribution < 1.29 is 18.0 Å². The Morgan fingerprint density at radius 3 is 2.89 bits per heavy atom. The normalized spacial score (nSPS) is 12.9. The number of halogens is 2. The van der Waals surface area contributed by atoms with E-state index in [-0.39, 0.29) is 11.0 Å². The number of ketones is 1. The molecule has 0 radical (unpaired) electrons. The summed E-state index contributed by atoms with van der Waals surface area (Å²) in [4.78, 5) is 12.0. The van der Waals surface area contributed by atoms with Crippen molar-refractivity contribution in [3.05, 3.63) is 35.6 Å². The van der Waals surface area contributed by atoms with Gasteiger partial charge in [0, 0.05) is 6.07 Å². The first-order chi connectivity index (χ1) is 8.56. The van der Waals surface area contributed by atoms with Crippen LogP contribution in [-0.2, 0) is 0 Å². The zero-order valence-corrected chi connectivity index (χ0v) is 10.1. The van der Waals surface area contributed by atoms with E-state index in [0.29, 0.717) is 6.54 Å². The maximum absolute atomic E-state index is 14.1. The van der Waals surface area contributed by atoms with Crippen molar-refractivity contribution in [3.8, 4) is 0 Å². The maximum atomic E-state index is 14.1. The smallest absolute Gasteiger partial charge is 0.185 e. The van der Waals surface area contributed by atoms with Gasteiger partial charge in [0.2, 0.25) is 0 Å². The van der Waals surface area contributed by atoms with Crippen molar-refractivity contribution >= 4 is 16.8 Å². The van der Waals surface area contributed by atoms with E-state index in [2.05, 4.69) is 5.32 Å². The summed E-state index contributed by atoms with van der Waals surface area (Å²) < 4.78 is 32.7. The number of carbonyl (C=O) groups excluding carboxylic acids is 1. The number of rotatable bonds is 4. The van der Waals surface area contributed by atoms with Gasteiger partial charge in [-0.25, -0.2) is 8.78 Å². The lowest BCUT2D eigenvalue weighted by atomic mass is 10.0. The Kier molecular flexibility index (Phi) is 3.43. The van der Waals surface area contributed by atoms with Crippen LogP contribution in [0.15, 0.2) is 22.8 Å². The van der Waals surface area contributed by atoms with Crippen LogP contribution in [0.2, 0.25) is 0 Å². The highest BCUT2D eigenvalue weighted by molar-refractivity contribution is 6.03. The molecule has 0 aliphatic heterocycles. The number of furan rings is 1. The maximum Gasteiger partial charge on any atom is 0.185 e. The zero-order chi connectivity index (χ0) is 13.3. The van der Waals surface area contributed by atoms with Crippen molar-refractivity contribution in [1.82, 2.24) is 5.32 Å². The molecule has 1 heterocycles. The summed E-state index contributed by atoms with van der Waals surface area (Å²) in [5, 5.41) is 2.95. The average Bonchev–Trinajstić information content (AvgIpc) is 2.77. The molecule has 1 N–H and O–H groups in total. The number of nitrogens with one attached hydrogen (secondary N) is 1. The molecule has 1 atom stereocenters.